The molecule has 0 radical (unpaired) electrons. The lowest BCUT2D eigenvalue weighted by molar-refractivity contribution is -0.312. The maximum atomic E-state index is 13.6. The number of hydrogen-bond donors (Lipinski definition) is 1. The molecule has 124 valence electrons. The number of aryl methyl sites for hydroxylation is 1. The standard InChI is InChI=1S/C16H17F3N2O2/c1-10-6-2-3-7-11(10)14(22)21-15(23,16(17,18)19)12-8-4-5-9-13(12)20-21/h2-3,6-7,12,23H,4-5,8-9H2,1H3/t12-,15+/m0/s1. The predicted octanol–water partition coefficient (Wildman–Crippen LogP) is 3.25. The lowest BCUT2D eigenvalue weighted by Gasteiger charge is -2.38. The Morgan fingerprint density at radius 3 is 2.70 bits per heavy atom. The zero-order valence-electron chi connectivity index (χ0n) is 12.6. The van der Waals surface area contributed by atoms with Crippen LogP contribution in [0, 0.1) is 12.8 Å². The molecule has 1 aliphatic carbocycles. The molecule has 1 saturated carbocycles. The second kappa shape index (κ2) is 5.33. The first-order chi connectivity index (χ1) is 10.8. The second-order valence-electron chi connectivity index (χ2n) is 6.05. The lowest BCUT2D eigenvalue weighted by Crippen LogP contribution is -2.61. The van der Waals surface area contributed by atoms with Gasteiger partial charge in [-0.2, -0.15) is 23.3 Å². The second-order valence-corrected chi connectivity index (χ2v) is 6.05. The van der Waals surface area contributed by atoms with Crippen LogP contribution >= 0.6 is 0 Å². The molecule has 2 aliphatic rings. The molecular formula is C16H17F3N2O2. The van der Waals surface area contributed by atoms with Crippen molar-refractivity contribution in [2.45, 2.75) is 44.5 Å². The van der Waals surface area contributed by atoms with Crippen LogP contribution in [-0.2, 0) is 0 Å². The molecule has 0 unspecified atom stereocenters. The molecule has 1 aliphatic heterocycles. The van der Waals surface area contributed by atoms with Gasteiger partial charge < -0.3 is 5.11 Å². The van der Waals surface area contributed by atoms with Crippen LogP contribution in [0.25, 0.3) is 0 Å². The average Bonchev–Trinajstić information content (AvgIpc) is 2.82. The first kappa shape index (κ1) is 16.0. The number of carbonyl (C=O) groups excluding carboxylic acids is 1. The third kappa shape index (κ3) is 2.34. The number of halogens is 3. The van der Waals surface area contributed by atoms with Gasteiger partial charge in [0, 0.05) is 11.3 Å². The van der Waals surface area contributed by atoms with Crippen molar-refractivity contribution in [3.05, 3.63) is 35.4 Å². The minimum atomic E-state index is -4.97. The number of aliphatic hydroxyl groups is 1. The fourth-order valence-electron chi connectivity index (χ4n) is 3.35. The quantitative estimate of drug-likeness (QED) is 0.861. The number of fused-ring (bicyclic) bond motifs is 1. The molecule has 0 spiro atoms. The van der Waals surface area contributed by atoms with Crippen molar-refractivity contribution in [1.82, 2.24) is 5.01 Å². The molecule has 4 nitrogen and oxygen atoms in total. The lowest BCUT2D eigenvalue weighted by atomic mass is 9.80. The number of benzene rings is 1. The van der Waals surface area contributed by atoms with E-state index < -0.39 is 23.7 Å². The van der Waals surface area contributed by atoms with Gasteiger partial charge in [-0.25, -0.2) is 0 Å². The Morgan fingerprint density at radius 2 is 2.04 bits per heavy atom. The van der Waals surface area contributed by atoms with Crippen LogP contribution in [-0.4, -0.2) is 33.6 Å². The minimum Gasteiger partial charge on any atom is -0.362 e. The van der Waals surface area contributed by atoms with Crippen LogP contribution in [0.3, 0.4) is 0 Å². The zero-order chi connectivity index (χ0) is 16.8. The van der Waals surface area contributed by atoms with Crippen molar-refractivity contribution in [3.8, 4) is 0 Å². The molecule has 1 aromatic carbocycles. The summed E-state index contributed by atoms with van der Waals surface area (Å²) in [7, 11) is 0. The Labute approximate surface area is 131 Å². The van der Waals surface area contributed by atoms with Crippen molar-refractivity contribution in [2.24, 2.45) is 11.0 Å². The van der Waals surface area contributed by atoms with Crippen molar-refractivity contribution in [3.63, 3.8) is 0 Å². The molecule has 1 heterocycles. The third-order valence-corrected chi connectivity index (χ3v) is 4.60. The topological polar surface area (TPSA) is 52.9 Å². The van der Waals surface area contributed by atoms with E-state index in [4.69, 9.17) is 0 Å². The average molecular weight is 326 g/mol. The zero-order valence-corrected chi connectivity index (χ0v) is 12.6. The van der Waals surface area contributed by atoms with Crippen LogP contribution in [0.4, 0.5) is 13.2 Å². The summed E-state index contributed by atoms with van der Waals surface area (Å²) in [4.78, 5) is 12.6. The number of hydrogen-bond acceptors (Lipinski definition) is 3. The highest BCUT2D eigenvalue weighted by atomic mass is 19.4. The van der Waals surface area contributed by atoms with Crippen LogP contribution in [0.5, 0.6) is 0 Å². The number of amides is 1. The van der Waals surface area contributed by atoms with E-state index in [0.717, 1.165) is 6.42 Å². The Balaban J connectivity index is 2.07. The predicted molar refractivity (Wildman–Crippen MR) is 77.7 cm³/mol. The van der Waals surface area contributed by atoms with Crippen LogP contribution in [0.2, 0.25) is 0 Å². The highest BCUT2D eigenvalue weighted by Crippen LogP contribution is 2.48. The van der Waals surface area contributed by atoms with Gasteiger partial charge in [0.05, 0.1) is 5.92 Å². The van der Waals surface area contributed by atoms with Gasteiger partial charge in [-0.1, -0.05) is 24.6 Å². The Kier molecular flexibility index (Phi) is 3.71. The summed E-state index contributed by atoms with van der Waals surface area (Å²) in [6.45, 7) is 1.64. The Bertz CT molecular complexity index is 672. The Hall–Kier alpha value is -1.89. The van der Waals surface area contributed by atoms with E-state index in [1.165, 1.54) is 6.07 Å². The van der Waals surface area contributed by atoms with Crippen LogP contribution < -0.4 is 0 Å². The number of nitrogens with zero attached hydrogens (tertiary/aromatic N) is 2. The molecule has 1 N–H and O–H groups in total. The van der Waals surface area contributed by atoms with Crippen LogP contribution in [0.1, 0.15) is 41.6 Å². The Morgan fingerprint density at radius 1 is 1.35 bits per heavy atom. The van der Waals surface area contributed by atoms with Crippen molar-refractivity contribution >= 4 is 11.6 Å². The number of rotatable bonds is 1. The van der Waals surface area contributed by atoms with Gasteiger partial charge in [0.2, 0.25) is 0 Å². The maximum absolute atomic E-state index is 13.6. The highest BCUT2D eigenvalue weighted by molar-refractivity contribution is 6.00. The van der Waals surface area contributed by atoms with E-state index >= 15 is 0 Å². The smallest absolute Gasteiger partial charge is 0.362 e. The largest absolute Gasteiger partial charge is 0.439 e. The van der Waals surface area contributed by atoms with E-state index in [1.807, 2.05) is 0 Å². The van der Waals surface area contributed by atoms with Gasteiger partial charge in [-0.05, 0) is 37.8 Å². The molecule has 0 bridgehead atoms. The molecule has 1 fully saturated rings. The molecule has 7 heteroatoms. The third-order valence-electron chi connectivity index (χ3n) is 4.60. The number of hydrazone groups is 1. The molecule has 23 heavy (non-hydrogen) atoms. The van der Waals surface area contributed by atoms with Crippen molar-refractivity contribution < 1.29 is 23.1 Å². The van der Waals surface area contributed by atoms with Crippen molar-refractivity contribution in [1.29, 1.82) is 0 Å². The van der Waals surface area contributed by atoms with E-state index in [2.05, 4.69) is 5.10 Å². The fraction of sp³-hybridized carbons (Fsp3) is 0.500. The first-order valence-electron chi connectivity index (χ1n) is 7.53. The summed E-state index contributed by atoms with van der Waals surface area (Å²) in [5, 5.41) is 14.6. The van der Waals surface area contributed by atoms with E-state index in [9.17, 15) is 23.1 Å². The van der Waals surface area contributed by atoms with Gasteiger partial charge in [0.25, 0.3) is 11.6 Å². The van der Waals surface area contributed by atoms with Gasteiger partial charge in [-0.15, -0.1) is 0 Å². The highest BCUT2D eigenvalue weighted by Gasteiger charge is 2.68. The SMILES string of the molecule is Cc1ccccc1C(=O)N1N=C2CCCC[C@@H]2[C@@]1(O)C(F)(F)F. The molecule has 3 rings (SSSR count). The van der Waals surface area contributed by atoms with Gasteiger partial charge in [0.15, 0.2) is 0 Å². The monoisotopic (exact) mass is 326 g/mol. The summed E-state index contributed by atoms with van der Waals surface area (Å²) < 4.78 is 40.9. The molecule has 1 amide bonds. The summed E-state index contributed by atoms with van der Waals surface area (Å²) >= 11 is 0. The fourth-order valence-corrected chi connectivity index (χ4v) is 3.35. The molecular weight excluding hydrogens is 309 g/mol. The summed E-state index contributed by atoms with van der Waals surface area (Å²) in [6, 6.07) is 6.34. The normalized spacial score (nSPS) is 27.6. The molecule has 1 aromatic rings. The summed E-state index contributed by atoms with van der Waals surface area (Å²) in [5.74, 6) is -2.10. The van der Waals surface area contributed by atoms with Crippen LogP contribution in [0.15, 0.2) is 29.4 Å². The van der Waals surface area contributed by atoms with Crippen molar-refractivity contribution in [2.75, 3.05) is 0 Å². The van der Waals surface area contributed by atoms with Gasteiger partial charge >= 0.3 is 6.18 Å². The van der Waals surface area contributed by atoms with Gasteiger partial charge in [-0.3, -0.25) is 4.79 Å². The number of alkyl halides is 3. The van der Waals surface area contributed by atoms with E-state index in [0.29, 0.717) is 18.4 Å². The summed E-state index contributed by atoms with van der Waals surface area (Å²) in [5.41, 5.74) is -2.35. The molecule has 0 saturated heterocycles. The summed E-state index contributed by atoms with van der Waals surface area (Å²) in [6.07, 6.45) is -3.13. The van der Waals surface area contributed by atoms with Gasteiger partial charge in [0.1, 0.15) is 0 Å². The molecule has 2 atom stereocenters. The number of carbonyl (C=O) groups is 1. The minimum absolute atomic E-state index is 0.109. The van der Waals surface area contributed by atoms with E-state index in [1.54, 1.807) is 25.1 Å². The molecule has 0 aromatic heterocycles. The maximum Gasteiger partial charge on any atom is 0.439 e. The first-order valence-corrected chi connectivity index (χ1v) is 7.53. The van der Waals surface area contributed by atoms with E-state index in [-0.39, 0.29) is 22.7 Å².